The average Bonchev–Trinajstić information content (AvgIpc) is 1.00. The number of carboxylic acid groups (broad SMARTS) is 1. The molecule has 1 atom stereocenters. The number of nitrogens with two attached hydrogens (primary N) is 1. The molecule has 133 heavy (non-hydrogen) atoms. The van der Waals surface area contributed by atoms with Crippen molar-refractivity contribution in [1.82, 2.24) is 21.3 Å². The maximum absolute atomic E-state index is 12.0. The Balaban J connectivity index is 3.16. The van der Waals surface area contributed by atoms with Gasteiger partial charge in [-0.25, -0.2) is 0 Å². The monoisotopic (exact) mass is 1940 g/mol. The fourth-order valence-electron chi connectivity index (χ4n) is 9.76. The van der Waals surface area contributed by atoms with E-state index in [0.29, 0.717) is 469 Å². The van der Waals surface area contributed by atoms with Gasteiger partial charge in [-0.2, -0.15) is 0 Å². The molecule has 1 unspecified atom stereocenters. The van der Waals surface area contributed by atoms with Crippen LogP contribution in [0, 0.1) is 0 Å². The number of ether oxygens (including phenoxy) is 36. The molecule has 47 heteroatoms. The van der Waals surface area contributed by atoms with Gasteiger partial charge in [0.1, 0.15) is 19.6 Å². The van der Waals surface area contributed by atoms with Gasteiger partial charge in [0.2, 0.25) is 23.6 Å². The summed E-state index contributed by atoms with van der Waals surface area (Å²) in [6.07, 6.45) is 1.58. The van der Waals surface area contributed by atoms with Crippen LogP contribution in [-0.2, 0) is 194 Å². The normalized spacial score (nSPS) is 11.9. The smallest absolute Gasteiger partial charge is 0.312 e. The van der Waals surface area contributed by atoms with Gasteiger partial charge < -0.3 is 203 Å². The molecule has 0 radical (unpaired) electrons. The summed E-state index contributed by atoms with van der Waals surface area (Å²) in [6.45, 7) is 31.5. The lowest BCUT2D eigenvalue weighted by atomic mass is 10.1. The summed E-state index contributed by atoms with van der Waals surface area (Å²) in [5.74, 6) is -2.54. The third-order valence-electron chi connectivity index (χ3n) is 16.5. The molecular formula is C86H169N5O42. The number of likely N-dealkylation sites (N-methyl/N-ethyl adjacent to an activating group) is 1. The average molecular weight is 1950 g/mol. The SMILES string of the molecule is CNC(CCCCNC(=O)COCCOCCOCCOCCOCCOCCOCCOCCOCCOCCOCCOCCOCCOCCOCCOCCOCCOCCOCCOCCNC(=O)COCCOCCOCCOCCOCCOCCOCCOCCOCCOCCOCCOCCOCCOCCOCCOCCNC(=O)CC(=O)O)C(N)=O. The van der Waals surface area contributed by atoms with E-state index in [2.05, 4.69) is 21.3 Å². The van der Waals surface area contributed by atoms with E-state index in [-0.39, 0.29) is 56.7 Å². The number of carbonyl (C=O) groups is 5. The van der Waals surface area contributed by atoms with Crippen LogP contribution in [0.3, 0.4) is 0 Å². The van der Waals surface area contributed by atoms with E-state index >= 15 is 0 Å². The van der Waals surface area contributed by atoms with Crippen LogP contribution in [0.5, 0.6) is 0 Å². The van der Waals surface area contributed by atoms with Crippen molar-refractivity contribution in [3.63, 3.8) is 0 Å². The number of hydrogen-bond acceptors (Lipinski definition) is 42. The molecule has 47 nitrogen and oxygen atoms in total. The van der Waals surface area contributed by atoms with Gasteiger partial charge >= 0.3 is 5.97 Å². The van der Waals surface area contributed by atoms with E-state index in [1.54, 1.807) is 7.05 Å². The van der Waals surface area contributed by atoms with Crippen molar-refractivity contribution < 1.29 is 200 Å². The number of amides is 4. The molecule has 0 aromatic heterocycles. The van der Waals surface area contributed by atoms with Gasteiger partial charge in [0.25, 0.3) is 0 Å². The molecule has 0 fully saturated rings. The van der Waals surface area contributed by atoms with Crippen LogP contribution in [-0.4, -0.2) is 543 Å². The van der Waals surface area contributed by atoms with Crippen molar-refractivity contribution in [1.29, 1.82) is 0 Å². The van der Waals surface area contributed by atoms with E-state index in [4.69, 9.17) is 181 Å². The molecule has 0 heterocycles. The molecule has 4 amide bonds. The largest absolute Gasteiger partial charge is 0.481 e. The van der Waals surface area contributed by atoms with Crippen molar-refractivity contribution in [2.24, 2.45) is 5.73 Å². The van der Waals surface area contributed by atoms with Crippen molar-refractivity contribution >= 4 is 29.6 Å². The molecule has 0 bridgehead atoms. The van der Waals surface area contributed by atoms with E-state index in [9.17, 15) is 24.0 Å². The Kier molecular flexibility index (Phi) is 113. The molecule has 0 saturated heterocycles. The molecule has 0 aliphatic carbocycles. The first-order valence-corrected chi connectivity index (χ1v) is 46.5. The quantitative estimate of drug-likeness (QED) is 0.0274. The highest BCUT2D eigenvalue weighted by Gasteiger charge is 2.13. The highest BCUT2D eigenvalue weighted by Crippen LogP contribution is 2.01. The zero-order chi connectivity index (χ0) is 95.6. The van der Waals surface area contributed by atoms with Crippen molar-refractivity contribution in [2.75, 3.05) is 502 Å². The number of unbranched alkanes of at least 4 members (excludes halogenated alkanes) is 1. The highest BCUT2D eigenvalue weighted by molar-refractivity contribution is 5.93. The molecule has 7 N–H and O–H groups in total. The van der Waals surface area contributed by atoms with Crippen LogP contribution in [0.1, 0.15) is 25.7 Å². The van der Waals surface area contributed by atoms with E-state index in [0.717, 1.165) is 12.8 Å². The number of carbonyl (C=O) groups excluding carboxylic acids is 4. The fraction of sp³-hybridized carbons (Fsp3) is 0.942. The van der Waals surface area contributed by atoms with Gasteiger partial charge in [-0.15, -0.1) is 0 Å². The first-order chi connectivity index (χ1) is 65.8. The highest BCUT2D eigenvalue weighted by atomic mass is 16.6. The molecule has 0 spiro atoms. The number of primary amides is 1. The summed E-state index contributed by atoms with van der Waals surface area (Å²) in [5, 5.41) is 19.4. The second kappa shape index (κ2) is 117. The Labute approximate surface area is 787 Å². The van der Waals surface area contributed by atoms with Crippen LogP contribution in [0.25, 0.3) is 0 Å². The lowest BCUT2D eigenvalue weighted by Gasteiger charge is -2.12. The molecule has 0 aliphatic heterocycles. The summed E-state index contributed by atoms with van der Waals surface area (Å²) in [7, 11) is 1.69. The minimum absolute atomic E-state index is 0.0379. The number of carboxylic acids is 1. The Hall–Kier alpha value is -4.13. The lowest BCUT2D eigenvalue weighted by molar-refractivity contribution is -0.141. The molecule has 0 aromatic rings. The minimum Gasteiger partial charge on any atom is -0.481 e. The first-order valence-electron chi connectivity index (χ1n) is 46.5. The predicted molar refractivity (Wildman–Crippen MR) is 477 cm³/mol. The third-order valence-corrected chi connectivity index (χ3v) is 16.5. The molecule has 0 aromatic carbocycles. The fourth-order valence-corrected chi connectivity index (χ4v) is 9.76. The summed E-state index contributed by atoms with van der Waals surface area (Å²) in [4.78, 5) is 56.7. The first kappa shape index (κ1) is 129. The summed E-state index contributed by atoms with van der Waals surface area (Å²) in [5.41, 5.74) is 5.30. The molecular weight excluding hydrogens is 1770 g/mol. The number of hydrogen-bond donors (Lipinski definition) is 6. The van der Waals surface area contributed by atoms with Gasteiger partial charge in [-0.3, -0.25) is 24.0 Å². The Morgan fingerprint density at radius 1 is 0.195 bits per heavy atom. The van der Waals surface area contributed by atoms with E-state index in [1.807, 2.05) is 0 Å². The van der Waals surface area contributed by atoms with Gasteiger partial charge in [0.05, 0.1) is 469 Å². The topological polar surface area (TPSA) is 512 Å². The van der Waals surface area contributed by atoms with Gasteiger partial charge in [0.15, 0.2) is 0 Å². The molecule has 0 aliphatic rings. The number of rotatable bonds is 121. The predicted octanol–water partition coefficient (Wildman–Crippen LogP) is -2.35. The van der Waals surface area contributed by atoms with Crippen molar-refractivity contribution in [3.8, 4) is 0 Å². The van der Waals surface area contributed by atoms with Gasteiger partial charge in [0, 0.05) is 19.6 Å². The third kappa shape index (κ3) is 116. The second-order valence-electron chi connectivity index (χ2n) is 27.3. The number of nitrogens with one attached hydrogen (secondary N) is 4. The van der Waals surface area contributed by atoms with Crippen LogP contribution >= 0.6 is 0 Å². The zero-order valence-corrected chi connectivity index (χ0v) is 79.7. The zero-order valence-electron chi connectivity index (χ0n) is 79.7. The molecule has 0 rings (SSSR count). The standard InChI is InChI=1S/C86H169N5O42/c1-88-81(86(87)97)4-2-3-5-89-83(93)79-132-76-74-130-72-70-128-68-66-126-64-62-124-60-58-122-56-54-120-52-50-119-49-47-117-45-44-116-43-42-115-41-40-114-39-38-112-37-35-111-33-31-109-29-27-107-25-23-105-21-19-103-17-15-101-13-11-99-9-7-91-84(94)80-133-77-75-131-73-71-129-69-67-127-65-63-125-61-59-123-57-55-121-53-51-118-48-46-113-36-34-110-32-30-108-28-26-106-24-22-104-20-18-102-16-14-100-12-10-98-8-6-90-82(92)78-85(95)96/h81,88H,2-80H2,1H3,(H2,87,97)(H,89,93)(H,90,92)(H,91,94)(H,95,96). The molecule has 0 saturated carbocycles. The maximum atomic E-state index is 12.0. The van der Waals surface area contributed by atoms with Crippen LogP contribution in [0.15, 0.2) is 0 Å². The Bertz CT molecular complexity index is 2320. The summed E-state index contributed by atoms with van der Waals surface area (Å²) in [6, 6.07) is -0.352. The van der Waals surface area contributed by atoms with Crippen LogP contribution in [0.2, 0.25) is 0 Å². The Morgan fingerprint density at radius 2 is 0.331 bits per heavy atom. The summed E-state index contributed by atoms with van der Waals surface area (Å²) < 4.78 is 198. The van der Waals surface area contributed by atoms with Crippen LogP contribution < -0.4 is 27.0 Å². The van der Waals surface area contributed by atoms with E-state index in [1.165, 1.54) is 0 Å². The minimum atomic E-state index is -1.17. The maximum Gasteiger partial charge on any atom is 0.312 e. The van der Waals surface area contributed by atoms with Gasteiger partial charge in [-0.1, -0.05) is 0 Å². The van der Waals surface area contributed by atoms with Crippen molar-refractivity contribution in [3.05, 3.63) is 0 Å². The molecule has 790 valence electrons. The Morgan fingerprint density at radius 3 is 0.474 bits per heavy atom. The summed E-state index contributed by atoms with van der Waals surface area (Å²) >= 11 is 0. The number of aliphatic carboxylic acids is 1. The lowest BCUT2D eigenvalue weighted by Crippen LogP contribution is -2.39. The van der Waals surface area contributed by atoms with Gasteiger partial charge in [-0.05, 0) is 26.3 Å². The van der Waals surface area contributed by atoms with Crippen molar-refractivity contribution in [2.45, 2.75) is 31.7 Å². The second-order valence-corrected chi connectivity index (χ2v) is 27.3. The van der Waals surface area contributed by atoms with Crippen LogP contribution in [0.4, 0.5) is 0 Å². The van der Waals surface area contributed by atoms with E-state index < -0.39 is 18.3 Å².